The van der Waals surface area contributed by atoms with E-state index in [1.807, 2.05) is 53.9 Å². The molecule has 41 heteroatoms. The van der Waals surface area contributed by atoms with Gasteiger partial charge in [-0.25, -0.2) is 23.9 Å². The summed E-state index contributed by atoms with van der Waals surface area (Å²) >= 11 is 0. The second-order valence-corrected chi connectivity index (χ2v) is 40.8. The van der Waals surface area contributed by atoms with E-state index in [1.54, 1.807) is 80.0 Å². The number of nitrogens with one attached hydrogen (secondary N) is 4. The number of methoxy groups -OCH3 is 1. The van der Waals surface area contributed by atoms with Gasteiger partial charge >= 0.3 is 35.9 Å². The van der Waals surface area contributed by atoms with Crippen LogP contribution in [0, 0.1) is 16.2 Å². The van der Waals surface area contributed by atoms with Gasteiger partial charge in [-0.2, -0.15) is 0 Å². The third kappa shape index (κ3) is 65.3. The Bertz CT molecular complexity index is 4070. The van der Waals surface area contributed by atoms with E-state index in [9.17, 15) is 38.4 Å². The number of Topliss-reactive ketones (excluding diaryl/α,β-unsaturated/α-hetero) is 2. The van der Waals surface area contributed by atoms with Crippen molar-refractivity contribution >= 4 is 47.5 Å². The number of rotatable bonds is 83. The quantitative estimate of drug-likeness (QED) is 0.0138. The van der Waals surface area contributed by atoms with Crippen LogP contribution in [0.1, 0.15) is 272 Å². The van der Waals surface area contributed by atoms with E-state index in [0.717, 1.165) is 25.7 Å². The molecule has 4 rings (SSSR count). The molecule has 0 unspecified atom stereocenters. The number of nitrogens with zero attached hydrogens (tertiary/aromatic N) is 9. The molecule has 41 nitrogen and oxygen atoms in total. The number of amides is 4. The molecule has 3 aromatic heterocycles. The van der Waals surface area contributed by atoms with Crippen LogP contribution in [0.3, 0.4) is 0 Å². The summed E-state index contributed by atoms with van der Waals surface area (Å²) in [4.78, 5) is 104. The van der Waals surface area contributed by atoms with Gasteiger partial charge in [0.25, 0.3) is 0 Å². The molecule has 0 saturated heterocycles. The molecule has 0 aliphatic heterocycles. The van der Waals surface area contributed by atoms with Gasteiger partial charge in [-0.1, -0.05) is 78.0 Å². The molecule has 4 amide bonds. The normalized spacial score (nSPS) is 13.1. The highest BCUT2D eigenvalue weighted by Crippen LogP contribution is 2.30. The summed E-state index contributed by atoms with van der Waals surface area (Å²) in [6.07, 6.45) is 14.7. The van der Waals surface area contributed by atoms with Crippen LogP contribution < -0.4 is 21.3 Å². The molecule has 812 valence electrons. The van der Waals surface area contributed by atoms with Crippen molar-refractivity contribution in [2.75, 3.05) is 205 Å². The third-order valence-electron chi connectivity index (χ3n) is 21.1. The fourth-order valence-electron chi connectivity index (χ4n) is 13.6. The van der Waals surface area contributed by atoms with Crippen molar-refractivity contribution in [1.82, 2.24) is 66.2 Å². The molecule has 0 saturated carbocycles. The molecule has 4 N–H and O–H groups in total. The lowest BCUT2D eigenvalue weighted by Gasteiger charge is -2.34. The Morgan fingerprint density at radius 1 is 0.317 bits per heavy atom. The Morgan fingerprint density at radius 2 is 0.655 bits per heavy atom. The number of hydrogen-bond acceptors (Lipinski definition) is 34. The van der Waals surface area contributed by atoms with Crippen LogP contribution in [0.2, 0.25) is 0 Å². The molecule has 4 aromatic rings. The van der Waals surface area contributed by atoms with Gasteiger partial charge in [0.15, 0.2) is 11.6 Å². The molecule has 0 radical (unpaired) electrons. The van der Waals surface area contributed by atoms with E-state index in [-0.39, 0.29) is 90.8 Å². The number of carbonyl (C=O) groups excluding carboxylic acids is 8. The van der Waals surface area contributed by atoms with Gasteiger partial charge in [0, 0.05) is 75.2 Å². The molecule has 142 heavy (non-hydrogen) atoms. The lowest BCUT2D eigenvalue weighted by molar-refractivity contribution is -0.159. The van der Waals surface area contributed by atoms with Crippen LogP contribution >= 0.6 is 0 Å². The zero-order chi connectivity index (χ0) is 104. The largest absolute Gasteiger partial charge is 0.469 e. The number of esters is 4. The number of ketones is 2. The van der Waals surface area contributed by atoms with Crippen molar-refractivity contribution in [1.29, 1.82) is 0 Å². The molecule has 1 aromatic carbocycles. The summed E-state index contributed by atoms with van der Waals surface area (Å²) in [6, 6.07) is 2.02. The predicted molar refractivity (Wildman–Crippen MR) is 529 cm³/mol. The maximum atomic E-state index is 13.7. The van der Waals surface area contributed by atoms with Crippen LogP contribution in [0.25, 0.3) is 5.69 Å². The van der Waals surface area contributed by atoms with E-state index in [1.165, 1.54) is 7.11 Å². The molecule has 4 atom stereocenters. The number of urea groups is 2. The first-order valence-corrected chi connectivity index (χ1v) is 50.6. The Labute approximate surface area is 842 Å². The number of unbranched alkanes of at least 4 members (excludes halogenated alkanes) is 3. The average Bonchev–Trinajstić information content (AvgIpc) is 1.62. The van der Waals surface area contributed by atoms with Crippen LogP contribution in [0.5, 0.6) is 0 Å². The maximum Gasteiger partial charge on any atom is 0.329 e. The molecule has 0 spiro atoms. The Hall–Kier alpha value is -8.24. The first kappa shape index (κ1) is 126. The van der Waals surface area contributed by atoms with Gasteiger partial charge in [0.05, 0.1) is 235 Å². The molecule has 0 aliphatic rings. The smallest absolute Gasteiger partial charge is 0.329 e. The lowest BCUT2D eigenvalue weighted by atomic mass is 9.80. The van der Waals surface area contributed by atoms with Crippen molar-refractivity contribution in [3.63, 3.8) is 0 Å². The molecular formula is C101H175N13O28. The van der Waals surface area contributed by atoms with E-state index >= 15 is 0 Å². The van der Waals surface area contributed by atoms with E-state index < -0.39 is 52.8 Å². The SMILES string of the molecule is COC(=O)CCCCc1cn(-c2cc(C(=O)CCCOCCOCCOCCOCCOCCOCCOCCOCc3cn(CCCC[C@H](NC(=O)N[C@@H](CCC(C)(C)C)C(C)(C)C)C(=O)OC(C)(C)C)nn3)cc(C(=O)CCCOCCOCCOCCOCCOCCOCCOCCOCc3cn(CCCC[C@H](NC(=O)N[C@@H](CCC(=O)OC(C)(C)C)C(=O)OC(C)(C)C)C(C)(C)C)nn3)c2)nn1. The number of hydrogen-bond donors (Lipinski definition) is 4. The number of aromatic nitrogens is 9. The van der Waals surface area contributed by atoms with Crippen LogP contribution in [0.15, 0.2) is 36.8 Å². The second kappa shape index (κ2) is 72.1. The standard InChI is InChI=1S/C101H175N13O28/c1-96(2,3)37-36-89(98(7,8)9)105-94(121)102-84(92(119)141-100(13,14)15)29-22-24-38-112-73-81(107-109-112)76-138-68-66-136-64-62-134-60-58-132-56-54-130-52-50-128-48-46-126-44-42-124-40-26-30-86(115)78-70-79(72-83(71-78)114-75-80(106-111-114)28-20-21-33-90(117)123-19)87(116)31-27-41-125-43-45-127-47-49-129-51-53-131-55-57-133-59-61-135-63-65-137-67-69-139-77-82-74-113(110-108-82)39-25-23-32-88(97(4,5)6)104-95(122)103-85(93(120)142-101(16,17)18)34-35-91(118)140-99(10,11)12/h70-75,84-85,88-89H,20-69,76-77H2,1-19H3,(H2,102,105,121)(H2,103,104,122)/t84-,85-,88-,89-/m0/s1. The first-order chi connectivity index (χ1) is 67.5. The summed E-state index contributed by atoms with van der Waals surface area (Å²) in [6.45, 7) is 48.5. The number of benzene rings is 1. The summed E-state index contributed by atoms with van der Waals surface area (Å²) in [5.41, 5.74) is 0.866. The fraction of sp³-hybridized carbons (Fsp3) is 0.802. The summed E-state index contributed by atoms with van der Waals surface area (Å²) in [5, 5.41) is 37.4. The van der Waals surface area contributed by atoms with Gasteiger partial charge < -0.3 is 116 Å². The van der Waals surface area contributed by atoms with Gasteiger partial charge in [-0.15, -0.1) is 15.3 Å². The van der Waals surface area contributed by atoms with Gasteiger partial charge in [0.1, 0.15) is 40.3 Å². The minimum atomic E-state index is -1.04. The van der Waals surface area contributed by atoms with E-state index in [2.05, 4.69) is 93.7 Å². The topological polar surface area (TPSA) is 461 Å². The summed E-state index contributed by atoms with van der Waals surface area (Å²) < 4.78 is 117. The van der Waals surface area contributed by atoms with Gasteiger partial charge in [-0.05, 0) is 187 Å². The van der Waals surface area contributed by atoms with Gasteiger partial charge in [0.2, 0.25) is 0 Å². The Balaban J connectivity index is 0.942. The third-order valence-corrected chi connectivity index (χ3v) is 21.1. The lowest BCUT2D eigenvalue weighted by Crippen LogP contribution is -2.53. The van der Waals surface area contributed by atoms with E-state index in [0.29, 0.717) is 309 Å². The van der Waals surface area contributed by atoms with Crippen molar-refractivity contribution in [3.05, 3.63) is 65.0 Å². The minimum absolute atomic E-state index is 0.0284. The second-order valence-electron chi connectivity index (χ2n) is 40.8. The highest BCUT2D eigenvalue weighted by atomic mass is 16.6. The number of carbonyl (C=O) groups is 8. The summed E-state index contributed by atoms with van der Waals surface area (Å²) in [7, 11) is 1.36. The minimum Gasteiger partial charge on any atom is -0.469 e. The summed E-state index contributed by atoms with van der Waals surface area (Å²) in [5.74, 6) is -2.13. The van der Waals surface area contributed by atoms with Crippen LogP contribution in [0.4, 0.5) is 9.59 Å². The fourth-order valence-corrected chi connectivity index (χ4v) is 13.6. The molecular weight excluding hydrogens is 1840 g/mol. The van der Waals surface area contributed by atoms with Crippen LogP contribution in [-0.4, -0.2) is 339 Å². The van der Waals surface area contributed by atoms with Crippen molar-refractivity contribution in [3.8, 4) is 5.69 Å². The predicted octanol–water partition coefficient (Wildman–Crippen LogP) is 12.1. The Morgan fingerprint density at radius 3 is 1.01 bits per heavy atom. The average molecular weight is 2020 g/mol. The number of ether oxygens (including phenoxy) is 20. The van der Waals surface area contributed by atoms with E-state index in [4.69, 9.17) is 94.7 Å². The van der Waals surface area contributed by atoms with Crippen molar-refractivity contribution < 1.29 is 133 Å². The molecule has 3 heterocycles. The van der Waals surface area contributed by atoms with Crippen LogP contribution in [-0.2, 0) is 147 Å². The Kier molecular flexibility index (Phi) is 64.0. The maximum absolute atomic E-state index is 13.7. The highest BCUT2D eigenvalue weighted by molar-refractivity contribution is 6.02. The van der Waals surface area contributed by atoms with Crippen molar-refractivity contribution in [2.45, 2.75) is 307 Å². The van der Waals surface area contributed by atoms with Crippen molar-refractivity contribution in [2.24, 2.45) is 16.2 Å². The number of aryl methyl sites for hydroxylation is 3. The first-order valence-electron chi connectivity index (χ1n) is 50.6. The molecule has 0 bridgehead atoms. The molecule has 0 fully saturated rings. The zero-order valence-corrected chi connectivity index (χ0v) is 89.0. The van der Waals surface area contributed by atoms with Gasteiger partial charge in [-0.3, -0.25) is 28.5 Å². The molecule has 0 aliphatic carbocycles. The highest BCUT2D eigenvalue weighted by Gasteiger charge is 2.34. The monoisotopic (exact) mass is 2020 g/mol. The zero-order valence-electron chi connectivity index (χ0n) is 89.0.